The van der Waals surface area contributed by atoms with Gasteiger partial charge in [-0.3, -0.25) is 9.80 Å². The van der Waals surface area contributed by atoms with E-state index in [0.29, 0.717) is 24.5 Å². The fourth-order valence-corrected chi connectivity index (χ4v) is 5.42. The Bertz CT molecular complexity index is 713. The van der Waals surface area contributed by atoms with Crippen molar-refractivity contribution in [2.45, 2.75) is 57.2 Å². The Morgan fingerprint density at radius 1 is 1.09 bits per heavy atom. The lowest BCUT2D eigenvalue weighted by molar-refractivity contribution is 0.00222. The molecule has 1 saturated carbocycles. The van der Waals surface area contributed by atoms with E-state index >= 15 is 0 Å². The van der Waals surface area contributed by atoms with E-state index in [0.717, 1.165) is 58.2 Å². The highest BCUT2D eigenvalue weighted by Gasteiger charge is 2.31. The smallest absolute Gasteiger partial charge is 0.319 e. The number of urea groups is 1. The number of morpholine rings is 1. The van der Waals surface area contributed by atoms with Crippen LogP contribution in [0.4, 0.5) is 10.5 Å². The molecule has 0 radical (unpaired) electrons. The van der Waals surface area contributed by atoms with Crippen LogP contribution in [0.1, 0.15) is 44.1 Å². The highest BCUT2D eigenvalue weighted by atomic mass is 16.5. The quantitative estimate of drug-likeness (QED) is 0.644. The second-order valence-electron chi connectivity index (χ2n) is 9.54. The molecule has 4 rings (SSSR count). The topological polar surface area (TPSA) is 66.1 Å². The number of nitrogens with one attached hydrogen (secondary N) is 2. The standard InChI is InChI=1S/C25H40N4O3/c1-28(22-8-3-2-4-9-22)18-20-7-5-6-10-23(20)27-25(30)26-17-24(21-11-14-32-19-21)29-12-15-31-16-13-29/h5-7,10,21-22,24H,2-4,8-9,11-19H2,1H3,(H2,26,27,30)/t21-,24+/m1/s1. The molecule has 2 saturated heterocycles. The second kappa shape index (κ2) is 12.0. The first-order valence-electron chi connectivity index (χ1n) is 12.4. The van der Waals surface area contributed by atoms with Crippen molar-refractivity contribution < 1.29 is 14.3 Å². The van der Waals surface area contributed by atoms with Crippen LogP contribution >= 0.6 is 0 Å². The maximum atomic E-state index is 12.8. The van der Waals surface area contributed by atoms with Crippen LogP contribution in [0, 0.1) is 5.92 Å². The Morgan fingerprint density at radius 3 is 2.62 bits per heavy atom. The SMILES string of the molecule is CN(Cc1ccccc1NC(=O)NC[C@@H]([C@@H]1CCOC1)N1CCOCC1)C1CCCCC1. The van der Waals surface area contributed by atoms with Crippen LogP contribution in [0.3, 0.4) is 0 Å². The first-order chi connectivity index (χ1) is 15.7. The van der Waals surface area contributed by atoms with Crippen LogP contribution in [0.2, 0.25) is 0 Å². The van der Waals surface area contributed by atoms with Crippen molar-refractivity contribution in [1.82, 2.24) is 15.1 Å². The summed E-state index contributed by atoms with van der Waals surface area (Å²) in [5.41, 5.74) is 2.07. The fraction of sp³-hybridized carbons (Fsp3) is 0.720. The summed E-state index contributed by atoms with van der Waals surface area (Å²) in [4.78, 5) is 17.7. The molecule has 0 bridgehead atoms. The molecule has 3 aliphatic rings. The van der Waals surface area contributed by atoms with Gasteiger partial charge in [0.25, 0.3) is 0 Å². The fourth-order valence-electron chi connectivity index (χ4n) is 5.42. The van der Waals surface area contributed by atoms with E-state index in [2.05, 4.69) is 39.6 Å². The third-order valence-corrected chi connectivity index (χ3v) is 7.38. The van der Waals surface area contributed by atoms with Crippen LogP contribution < -0.4 is 10.6 Å². The number of hydrogen-bond donors (Lipinski definition) is 2. The molecule has 2 heterocycles. The van der Waals surface area contributed by atoms with Crippen molar-refractivity contribution in [2.24, 2.45) is 5.92 Å². The molecule has 1 aromatic carbocycles. The summed E-state index contributed by atoms with van der Waals surface area (Å²) in [7, 11) is 2.21. The van der Waals surface area contributed by atoms with E-state index < -0.39 is 0 Å². The van der Waals surface area contributed by atoms with Gasteiger partial charge < -0.3 is 20.1 Å². The Kier molecular flexibility index (Phi) is 8.79. The van der Waals surface area contributed by atoms with Gasteiger partial charge in [0.15, 0.2) is 0 Å². The minimum atomic E-state index is -0.130. The van der Waals surface area contributed by atoms with Crippen LogP contribution in [0.15, 0.2) is 24.3 Å². The number of para-hydroxylation sites is 1. The van der Waals surface area contributed by atoms with Crippen molar-refractivity contribution >= 4 is 11.7 Å². The van der Waals surface area contributed by atoms with E-state index in [1.54, 1.807) is 0 Å². The van der Waals surface area contributed by atoms with Gasteiger partial charge in [-0.2, -0.15) is 0 Å². The molecule has 1 aliphatic carbocycles. The summed E-state index contributed by atoms with van der Waals surface area (Å²) in [6.45, 7) is 6.44. The molecule has 2 N–H and O–H groups in total. The minimum Gasteiger partial charge on any atom is -0.381 e. The summed E-state index contributed by atoms with van der Waals surface area (Å²) < 4.78 is 11.2. The van der Waals surface area contributed by atoms with E-state index in [4.69, 9.17) is 9.47 Å². The second-order valence-corrected chi connectivity index (χ2v) is 9.54. The van der Waals surface area contributed by atoms with Gasteiger partial charge in [-0.1, -0.05) is 37.5 Å². The van der Waals surface area contributed by atoms with E-state index in [9.17, 15) is 4.79 Å². The largest absolute Gasteiger partial charge is 0.381 e. The highest BCUT2D eigenvalue weighted by Crippen LogP contribution is 2.25. The summed E-state index contributed by atoms with van der Waals surface area (Å²) >= 11 is 0. The molecule has 3 fully saturated rings. The maximum absolute atomic E-state index is 12.8. The van der Waals surface area contributed by atoms with Gasteiger partial charge in [-0.05, 0) is 37.9 Å². The third kappa shape index (κ3) is 6.44. The zero-order valence-corrected chi connectivity index (χ0v) is 19.6. The molecule has 2 amide bonds. The Labute approximate surface area is 192 Å². The monoisotopic (exact) mass is 444 g/mol. The van der Waals surface area contributed by atoms with Crippen LogP contribution in [-0.4, -0.2) is 81.0 Å². The van der Waals surface area contributed by atoms with Gasteiger partial charge in [-0.15, -0.1) is 0 Å². The number of rotatable bonds is 8. The predicted molar refractivity (Wildman–Crippen MR) is 127 cm³/mol. The van der Waals surface area contributed by atoms with Crippen LogP contribution in [0.25, 0.3) is 0 Å². The lowest BCUT2D eigenvalue weighted by atomic mass is 9.94. The zero-order chi connectivity index (χ0) is 22.2. The van der Waals surface area contributed by atoms with Gasteiger partial charge in [0.1, 0.15) is 0 Å². The van der Waals surface area contributed by atoms with Crippen molar-refractivity contribution in [2.75, 3.05) is 58.4 Å². The minimum absolute atomic E-state index is 0.130. The summed E-state index contributed by atoms with van der Waals surface area (Å²) in [5, 5.41) is 6.26. The average molecular weight is 445 g/mol. The zero-order valence-electron chi connectivity index (χ0n) is 19.6. The van der Waals surface area contributed by atoms with Gasteiger partial charge >= 0.3 is 6.03 Å². The summed E-state index contributed by atoms with van der Waals surface area (Å²) in [6.07, 6.45) is 7.63. The summed E-state index contributed by atoms with van der Waals surface area (Å²) in [6, 6.07) is 8.99. The number of nitrogens with zero attached hydrogens (tertiary/aromatic N) is 2. The number of benzene rings is 1. The molecule has 7 nitrogen and oxygen atoms in total. The molecule has 7 heteroatoms. The molecule has 178 valence electrons. The molecule has 0 unspecified atom stereocenters. The van der Waals surface area contributed by atoms with Gasteiger partial charge in [0, 0.05) is 56.5 Å². The predicted octanol–water partition coefficient (Wildman–Crippen LogP) is 3.31. The van der Waals surface area contributed by atoms with Gasteiger partial charge in [0.2, 0.25) is 0 Å². The molecule has 2 aliphatic heterocycles. The maximum Gasteiger partial charge on any atom is 0.319 e. The molecule has 1 aromatic rings. The van der Waals surface area contributed by atoms with Crippen molar-refractivity contribution in [3.05, 3.63) is 29.8 Å². The lowest BCUT2D eigenvalue weighted by Gasteiger charge is -2.37. The summed E-state index contributed by atoms with van der Waals surface area (Å²) in [5.74, 6) is 0.463. The van der Waals surface area contributed by atoms with Crippen molar-refractivity contribution in [3.63, 3.8) is 0 Å². The van der Waals surface area contributed by atoms with Gasteiger partial charge in [0.05, 0.1) is 19.8 Å². The molecule has 32 heavy (non-hydrogen) atoms. The first-order valence-corrected chi connectivity index (χ1v) is 12.4. The number of carbonyl (C=O) groups excluding carboxylic acids is 1. The molecule has 2 atom stereocenters. The number of carbonyl (C=O) groups is 1. The van der Waals surface area contributed by atoms with Crippen LogP contribution in [-0.2, 0) is 16.0 Å². The molecule has 0 aromatic heterocycles. The lowest BCUT2D eigenvalue weighted by Crippen LogP contribution is -2.52. The third-order valence-electron chi connectivity index (χ3n) is 7.38. The number of hydrogen-bond acceptors (Lipinski definition) is 5. The molecular weight excluding hydrogens is 404 g/mol. The highest BCUT2D eigenvalue weighted by molar-refractivity contribution is 5.90. The Hall–Kier alpha value is -1.67. The first kappa shape index (κ1) is 23.5. The molecule has 0 spiro atoms. The molecular formula is C25H40N4O3. The Morgan fingerprint density at radius 2 is 1.88 bits per heavy atom. The normalized spacial score (nSPS) is 23.9. The van der Waals surface area contributed by atoms with E-state index in [1.807, 2.05) is 12.1 Å². The number of ether oxygens (including phenoxy) is 2. The number of amides is 2. The number of anilines is 1. The van der Waals surface area contributed by atoms with Gasteiger partial charge in [-0.25, -0.2) is 4.79 Å². The van der Waals surface area contributed by atoms with Crippen molar-refractivity contribution in [3.8, 4) is 0 Å². The van der Waals surface area contributed by atoms with Crippen molar-refractivity contribution in [1.29, 1.82) is 0 Å². The van der Waals surface area contributed by atoms with E-state index in [1.165, 1.54) is 37.7 Å². The average Bonchev–Trinajstić information content (AvgIpc) is 3.36. The van der Waals surface area contributed by atoms with E-state index in [-0.39, 0.29) is 6.03 Å². The van der Waals surface area contributed by atoms with Crippen LogP contribution in [0.5, 0.6) is 0 Å². The Balaban J connectivity index is 1.32.